The molecular formula is C19H19NO3. The van der Waals surface area contributed by atoms with Gasteiger partial charge in [-0.15, -0.1) is 0 Å². The van der Waals surface area contributed by atoms with Crippen LogP contribution in [0.5, 0.6) is 0 Å². The summed E-state index contributed by atoms with van der Waals surface area (Å²) in [5.74, 6) is 5.83. The first kappa shape index (κ1) is 16.6. The summed E-state index contributed by atoms with van der Waals surface area (Å²) in [4.78, 5) is 11.5. The van der Waals surface area contributed by atoms with Crippen LogP contribution in [0.25, 0.3) is 0 Å². The van der Waals surface area contributed by atoms with Gasteiger partial charge in [-0.3, -0.25) is 0 Å². The third kappa shape index (κ3) is 6.25. The predicted molar refractivity (Wildman–Crippen MR) is 88.7 cm³/mol. The summed E-state index contributed by atoms with van der Waals surface area (Å²) in [6.45, 7) is 0.610. The van der Waals surface area contributed by atoms with E-state index in [1.807, 2.05) is 54.6 Å². The van der Waals surface area contributed by atoms with Gasteiger partial charge in [0.05, 0.1) is 6.54 Å². The Morgan fingerprint density at radius 2 is 1.78 bits per heavy atom. The normalized spacial score (nSPS) is 9.61. The summed E-state index contributed by atoms with van der Waals surface area (Å²) in [6, 6.07) is 17.2. The van der Waals surface area contributed by atoms with Crippen molar-refractivity contribution >= 4 is 6.09 Å². The van der Waals surface area contributed by atoms with Crippen LogP contribution >= 0.6 is 0 Å². The Labute approximate surface area is 136 Å². The van der Waals surface area contributed by atoms with E-state index in [1.54, 1.807) is 0 Å². The lowest BCUT2D eigenvalue weighted by atomic mass is 10.1. The number of alkyl carbamates (subject to hydrolysis) is 1. The van der Waals surface area contributed by atoms with Gasteiger partial charge in [0.15, 0.2) is 0 Å². The van der Waals surface area contributed by atoms with Gasteiger partial charge in [-0.1, -0.05) is 54.3 Å². The Hall–Kier alpha value is -2.77. The Kier molecular flexibility index (Phi) is 6.70. The molecule has 0 bridgehead atoms. The zero-order valence-corrected chi connectivity index (χ0v) is 12.8. The molecule has 0 fully saturated rings. The van der Waals surface area contributed by atoms with Gasteiger partial charge in [-0.05, 0) is 29.7 Å². The van der Waals surface area contributed by atoms with Crippen molar-refractivity contribution in [2.75, 3.05) is 13.2 Å². The molecule has 2 aromatic carbocycles. The number of hydrogen-bond acceptors (Lipinski definition) is 3. The topological polar surface area (TPSA) is 58.6 Å². The molecule has 0 aliphatic carbocycles. The Balaban J connectivity index is 1.71. The van der Waals surface area contributed by atoms with Crippen LogP contribution in [0.2, 0.25) is 0 Å². The minimum atomic E-state index is -0.485. The molecule has 118 valence electrons. The molecule has 4 heteroatoms. The summed E-state index contributed by atoms with van der Waals surface area (Å²) in [7, 11) is 0. The van der Waals surface area contributed by atoms with Crippen LogP contribution in [-0.2, 0) is 17.8 Å². The molecule has 4 nitrogen and oxygen atoms in total. The first-order valence-corrected chi connectivity index (χ1v) is 7.41. The Morgan fingerprint density at radius 1 is 1.04 bits per heavy atom. The fraction of sp³-hybridized carbons (Fsp3) is 0.211. The van der Waals surface area contributed by atoms with E-state index < -0.39 is 6.09 Å². The minimum absolute atomic E-state index is 0.139. The maximum absolute atomic E-state index is 11.5. The number of rotatable bonds is 5. The summed E-state index contributed by atoms with van der Waals surface area (Å²) in [6.07, 6.45) is 0.157. The van der Waals surface area contributed by atoms with Crippen molar-refractivity contribution in [3.05, 3.63) is 71.3 Å². The predicted octanol–water partition coefficient (Wildman–Crippen LogP) is 2.50. The van der Waals surface area contributed by atoms with Crippen LogP contribution in [-0.4, -0.2) is 24.4 Å². The molecule has 1 amide bonds. The second-order valence-electron chi connectivity index (χ2n) is 4.89. The molecule has 0 aromatic heterocycles. The van der Waals surface area contributed by atoms with Crippen molar-refractivity contribution in [1.82, 2.24) is 5.32 Å². The number of ether oxygens (including phenoxy) is 1. The summed E-state index contributed by atoms with van der Waals surface area (Å²) < 4.78 is 5.08. The van der Waals surface area contributed by atoms with Crippen LogP contribution in [0.1, 0.15) is 16.7 Å². The van der Waals surface area contributed by atoms with E-state index >= 15 is 0 Å². The molecule has 0 radical (unpaired) electrons. The van der Waals surface area contributed by atoms with Gasteiger partial charge < -0.3 is 15.2 Å². The highest BCUT2D eigenvalue weighted by Crippen LogP contribution is 2.03. The number of aliphatic hydroxyl groups excluding tert-OH is 1. The van der Waals surface area contributed by atoms with Crippen molar-refractivity contribution in [3.8, 4) is 11.8 Å². The van der Waals surface area contributed by atoms with Crippen LogP contribution in [0, 0.1) is 11.8 Å². The average Bonchev–Trinajstić information content (AvgIpc) is 2.59. The summed E-state index contributed by atoms with van der Waals surface area (Å²) in [5, 5.41) is 11.4. The van der Waals surface area contributed by atoms with Gasteiger partial charge >= 0.3 is 6.09 Å². The maximum Gasteiger partial charge on any atom is 0.408 e. The molecule has 0 saturated heterocycles. The number of carbonyl (C=O) groups is 1. The van der Waals surface area contributed by atoms with E-state index in [4.69, 9.17) is 9.84 Å². The number of nitrogens with one attached hydrogen (secondary N) is 1. The number of amides is 1. The van der Waals surface area contributed by atoms with Gasteiger partial charge in [0.25, 0.3) is 0 Å². The highest BCUT2D eigenvalue weighted by atomic mass is 16.5. The average molecular weight is 309 g/mol. The van der Waals surface area contributed by atoms with Crippen molar-refractivity contribution in [2.45, 2.75) is 13.0 Å². The van der Waals surface area contributed by atoms with Crippen LogP contribution in [0.3, 0.4) is 0 Å². The monoisotopic (exact) mass is 309 g/mol. The van der Waals surface area contributed by atoms with E-state index in [1.165, 1.54) is 0 Å². The highest BCUT2D eigenvalue weighted by Gasteiger charge is 2.00. The molecule has 2 N–H and O–H groups in total. The first-order valence-electron chi connectivity index (χ1n) is 7.41. The molecule has 0 atom stereocenters. The molecule has 0 unspecified atom stereocenters. The lowest BCUT2D eigenvalue weighted by molar-refractivity contribution is 0.141. The van der Waals surface area contributed by atoms with Crippen LogP contribution in [0.15, 0.2) is 54.6 Å². The molecule has 0 aliphatic heterocycles. The lowest BCUT2D eigenvalue weighted by Gasteiger charge is -2.04. The van der Waals surface area contributed by atoms with E-state index in [0.717, 1.165) is 16.7 Å². The molecular weight excluding hydrogens is 290 g/mol. The molecule has 0 heterocycles. The van der Waals surface area contributed by atoms with E-state index in [0.29, 0.717) is 6.42 Å². The molecule has 23 heavy (non-hydrogen) atoms. The zero-order chi connectivity index (χ0) is 16.3. The number of benzene rings is 2. The van der Waals surface area contributed by atoms with E-state index in [-0.39, 0.29) is 19.8 Å². The smallest absolute Gasteiger partial charge is 0.408 e. The fourth-order valence-electron chi connectivity index (χ4n) is 1.92. The van der Waals surface area contributed by atoms with Gasteiger partial charge in [0.1, 0.15) is 6.61 Å². The maximum atomic E-state index is 11.5. The van der Waals surface area contributed by atoms with Crippen molar-refractivity contribution in [2.24, 2.45) is 0 Å². The quantitative estimate of drug-likeness (QED) is 0.834. The number of hydrogen-bond donors (Lipinski definition) is 2. The van der Waals surface area contributed by atoms with E-state index in [9.17, 15) is 4.79 Å². The van der Waals surface area contributed by atoms with E-state index in [2.05, 4.69) is 17.2 Å². The molecule has 2 rings (SSSR count). The highest BCUT2D eigenvalue weighted by molar-refractivity contribution is 5.67. The van der Waals surface area contributed by atoms with Crippen LogP contribution in [0.4, 0.5) is 4.79 Å². The zero-order valence-electron chi connectivity index (χ0n) is 12.8. The fourth-order valence-corrected chi connectivity index (χ4v) is 1.92. The largest absolute Gasteiger partial charge is 0.445 e. The summed E-state index contributed by atoms with van der Waals surface area (Å²) >= 11 is 0. The SMILES string of the molecule is O=C(NCC#Cc1ccc(CCO)cc1)OCc1ccccc1. The molecule has 2 aromatic rings. The Bertz CT molecular complexity index is 669. The third-order valence-corrected chi connectivity index (χ3v) is 3.12. The minimum Gasteiger partial charge on any atom is -0.445 e. The van der Waals surface area contributed by atoms with Gasteiger partial charge in [-0.25, -0.2) is 4.79 Å². The van der Waals surface area contributed by atoms with Crippen LogP contribution < -0.4 is 5.32 Å². The van der Waals surface area contributed by atoms with Crippen molar-refractivity contribution in [3.63, 3.8) is 0 Å². The lowest BCUT2D eigenvalue weighted by Crippen LogP contribution is -2.24. The second kappa shape index (κ2) is 9.29. The van der Waals surface area contributed by atoms with Crippen molar-refractivity contribution in [1.29, 1.82) is 0 Å². The molecule has 0 aliphatic rings. The Morgan fingerprint density at radius 3 is 2.48 bits per heavy atom. The van der Waals surface area contributed by atoms with Gasteiger partial charge in [0, 0.05) is 12.2 Å². The molecule has 0 saturated carbocycles. The molecule has 0 spiro atoms. The van der Waals surface area contributed by atoms with Gasteiger partial charge in [0.2, 0.25) is 0 Å². The number of carbonyl (C=O) groups excluding carboxylic acids is 1. The standard InChI is InChI=1S/C19H19NO3/c21-14-12-17-10-8-16(9-11-17)7-4-13-20-19(22)23-15-18-5-2-1-3-6-18/h1-3,5-6,8-11,21H,12-15H2,(H,20,22). The van der Waals surface area contributed by atoms with Gasteiger partial charge in [-0.2, -0.15) is 0 Å². The second-order valence-corrected chi connectivity index (χ2v) is 4.89. The number of aliphatic hydroxyl groups is 1. The first-order chi connectivity index (χ1) is 11.3. The summed E-state index contributed by atoms with van der Waals surface area (Å²) in [5.41, 5.74) is 2.88. The van der Waals surface area contributed by atoms with Crippen molar-refractivity contribution < 1.29 is 14.6 Å². The third-order valence-electron chi connectivity index (χ3n) is 3.12.